The Balaban J connectivity index is 0.00000289. The fraction of sp³-hybridized carbons (Fsp3) is 0.462. The molecule has 0 aromatic heterocycles. The van der Waals surface area contributed by atoms with Gasteiger partial charge in [0, 0.05) is 6.54 Å². The van der Waals surface area contributed by atoms with E-state index in [0.717, 1.165) is 24.3 Å². The van der Waals surface area contributed by atoms with Gasteiger partial charge in [0.2, 0.25) is 5.91 Å². The predicted octanol–water partition coefficient (Wildman–Crippen LogP) is 1.86. The van der Waals surface area contributed by atoms with Gasteiger partial charge in [0.1, 0.15) is 5.75 Å². The van der Waals surface area contributed by atoms with Crippen molar-refractivity contribution in [1.82, 2.24) is 5.32 Å². The number of carbonyl (C=O) groups is 1. The molecule has 0 radical (unpaired) electrons. The number of hydrogen-bond acceptors (Lipinski definition) is 3. The second-order valence-electron chi connectivity index (χ2n) is 4.00. The molecule has 0 aliphatic rings. The van der Waals surface area contributed by atoms with Gasteiger partial charge in [0.15, 0.2) is 0 Å². The lowest BCUT2D eigenvalue weighted by atomic mass is 10.2. The summed E-state index contributed by atoms with van der Waals surface area (Å²) in [6.07, 6.45) is 0.992. The van der Waals surface area contributed by atoms with Gasteiger partial charge in [0.05, 0.1) is 12.6 Å². The summed E-state index contributed by atoms with van der Waals surface area (Å²) in [5.41, 5.74) is 6.48. The van der Waals surface area contributed by atoms with E-state index in [4.69, 9.17) is 10.5 Å². The molecule has 0 aliphatic carbocycles. The van der Waals surface area contributed by atoms with Gasteiger partial charge in [0.25, 0.3) is 0 Å². The molecule has 3 N–H and O–H groups in total. The van der Waals surface area contributed by atoms with Gasteiger partial charge in [-0.05, 0) is 31.0 Å². The molecule has 1 aromatic carbocycles. The molecule has 0 unspecified atom stereocenters. The first-order valence-corrected chi connectivity index (χ1v) is 5.88. The Morgan fingerprint density at radius 2 is 2.00 bits per heavy atom. The number of nitrogens with two attached hydrogens (primary N) is 1. The highest BCUT2D eigenvalue weighted by molar-refractivity contribution is 5.85. The standard InChI is InChI=1S/C13H20N2O2.ClH/c1-3-8-17-12-6-4-11(5-7-12)9-15-13(16)10(2)14;/h4-7,10H,3,8-9,14H2,1-2H3,(H,15,16);1H/t10-;/m0./s1. The lowest BCUT2D eigenvalue weighted by molar-refractivity contribution is -0.122. The van der Waals surface area contributed by atoms with Crippen molar-refractivity contribution in [3.8, 4) is 5.75 Å². The molecular formula is C13H21ClN2O2. The Labute approximate surface area is 114 Å². The van der Waals surface area contributed by atoms with Crippen LogP contribution < -0.4 is 15.8 Å². The Morgan fingerprint density at radius 1 is 1.39 bits per heavy atom. The van der Waals surface area contributed by atoms with Crippen LogP contribution in [0, 0.1) is 0 Å². The summed E-state index contributed by atoms with van der Waals surface area (Å²) >= 11 is 0. The van der Waals surface area contributed by atoms with Crippen LogP contribution in [0.1, 0.15) is 25.8 Å². The number of halogens is 1. The third-order valence-electron chi connectivity index (χ3n) is 2.28. The van der Waals surface area contributed by atoms with Crippen LogP contribution >= 0.6 is 12.4 Å². The van der Waals surface area contributed by atoms with E-state index >= 15 is 0 Å². The Bertz CT molecular complexity index is 353. The molecule has 0 fully saturated rings. The summed E-state index contributed by atoms with van der Waals surface area (Å²) in [7, 11) is 0. The minimum Gasteiger partial charge on any atom is -0.494 e. The van der Waals surface area contributed by atoms with Gasteiger partial charge in [-0.15, -0.1) is 12.4 Å². The van der Waals surface area contributed by atoms with E-state index in [1.165, 1.54) is 0 Å². The van der Waals surface area contributed by atoms with Crippen LogP contribution in [0.15, 0.2) is 24.3 Å². The van der Waals surface area contributed by atoms with Crippen molar-refractivity contribution < 1.29 is 9.53 Å². The molecule has 102 valence electrons. The van der Waals surface area contributed by atoms with Crippen LogP contribution in [0.5, 0.6) is 5.75 Å². The maximum Gasteiger partial charge on any atom is 0.236 e. The number of hydrogen-bond donors (Lipinski definition) is 2. The summed E-state index contributed by atoms with van der Waals surface area (Å²) in [4.78, 5) is 11.3. The summed E-state index contributed by atoms with van der Waals surface area (Å²) in [6.45, 7) is 4.95. The Kier molecular flexibility index (Phi) is 8.16. The quantitative estimate of drug-likeness (QED) is 0.831. The summed E-state index contributed by atoms with van der Waals surface area (Å²) < 4.78 is 5.47. The molecule has 1 aromatic rings. The van der Waals surface area contributed by atoms with Crippen molar-refractivity contribution in [3.05, 3.63) is 29.8 Å². The first-order valence-electron chi connectivity index (χ1n) is 5.88. The van der Waals surface area contributed by atoms with Crippen molar-refractivity contribution in [3.63, 3.8) is 0 Å². The topological polar surface area (TPSA) is 64.3 Å². The highest BCUT2D eigenvalue weighted by atomic mass is 35.5. The number of nitrogens with one attached hydrogen (secondary N) is 1. The van der Waals surface area contributed by atoms with E-state index in [1.54, 1.807) is 6.92 Å². The monoisotopic (exact) mass is 272 g/mol. The largest absolute Gasteiger partial charge is 0.494 e. The highest BCUT2D eigenvalue weighted by Gasteiger charge is 2.05. The molecule has 1 amide bonds. The van der Waals surface area contributed by atoms with Crippen LogP contribution in [0.4, 0.5) is 0 Å². The smallest absolute Gasteiger partial charge is 0.236 e. The molecule has 0 heterocycles. The molecular weight excluding hydrogens is 252 g/mol. The van der Waals surface area contributed by atoms with Crippen molar-refractivity contribution >= 4 is 18.3 Å². The third-order valence-corrected chi connectivity index (χ3v) is 2.28. The zero-order valence-electron chi connectivity index (χ0n) is 10.8. The van der Waals surface area contributed by atoms with E-state index in [1.807, 2.05) is 24.3 Å². The number of rotatable bonds is 6. The van der Waals surface area contributed by atoms with Crippen molar-refractivity contribution in [2.24, 2.45) is 5.73 Å². The molecule has 18 heavy (non-hydrogen) atoms. The average molecular weight is 273 g/mol. The Hall–Kier alpha value is -1.26. The van der Waals surface area contributed by atoms with Crippen LogP contribution in [-0.2, 0) is 11.3 Å². The third kappa shape index (κ3) is 5.89. The zero-order chi connectivity index (χ0) is 12.7. The minimum absolute atomic E-state index is 0. The lowest BCUT2D eigenvalue weighted by Gasteiger charge is -2.09. The molecule has 0 saturated heterocycles. The van der Waals surface area contributed by atoms with E-state index in [-0.39, 0.29) is 18.3 Å². The molecule has 1 rings (SSSR count). The molecule has 0 spiro atoms. The first kappa shape index (κ1) is 16.7. The summed E-state index contributed by atoms with van der Waals surface area (Å²) in [5.74, 6) is 0.713. The van der Waals surface area contributed by atoms with Gasteiger partial charge in [-0.1, -0.05) is 19.1 Å². The van der Waals surface area contributed by atoms with Crippen LogP contribution in [0.25, 0.3) is 0 Å². The van der Waals surface area contributed by atoms with Crippen molar-refractivity contribution in [1.29, 1.82) is 0 Å². The number of carbonyl (C=O) groups excluding carboxylic acids is 1. The molecule has 1 atom stereocenters. The number of ether oxygens (including phenoxy) is 1. The van der Waals surface area contributed by atoms with Gasteiger partial charge < -0.3 is 15.8 Å². The van der Waals surface area contributed by atoms with Crippen molar-refractivity contribution in [2.45, 2.75) is 32.9 Å². The van der Waals surface area contributed by atoms with Crippen LogP contribution in [0.2, 0.25) is 0 Å². The average Bonchev–Trinajstić information content (AvgIpc) is 2.34. The fourth-order valence-corrected chi connectivity index (χ4v) is 1.27. The maximum absolute atomic E-state index is 11.3. The fourth-order valence-electron chi connectivity index (χ4n) is 1.27. The zero-order valence-corrected chi connectivity index (χ0v) is 11.6. The molecule has 4 nitrogen and oxygen atoms in total. The lowest BCUT2D eigenvalue weighted by Crippen LogP contribution is -2.37. The van der Waals surface area contributed by atoms with Gasteiger partial charge in [-0.3, -0.25) is 4.79 Å². The number of amides is 1. The van der Waals surface area contributed by atoms with E-state index in [0.29, 0.717) is 6.54 Å². The summed E-state index contributed by atoms with van der Waals surface area (Å²) in [5, 5.41) is 2.76. The van der Waals surface area contributed by atoms with Crippen LogP contribution in [-0.4, -0.2) is 18.6 Å². The molecule has 0 bridgehead atoms. The van der Waals surface area contributed by atoms with E-state index in [9.17, 15) is 4.79 Å². The SMILES string of the molecule is CCCOc1ccc(CNC(=O)[C@H](C)N)cc1.Cl. The van der Waals surface area contributed by atoms with Crippen LogP contribution in [0.3, 0.4) is 0 Å². The van der Waals surface area contributed by atoms with E-state index < -0.39 is 6.04 Å². The van der Waals surface area contributed by atoms with Gasteiger partial charge in [-0.25, -0.2) is 0 Å². The van der Waals surface area contributed by atoms with Crippen molar-refractivity contribution in [2.75, 3.05) is 6.61 Å². The molecule has 0 saturated carbocycles. The second kappa shape index (κ2) is 8.78. The maximum atomic E-state index is 11.3. The first-order chi connectivity index (χ1) is 8.13. The summed E-state index contributed by atoms with van der Waals surface area (Å²) in [6, 6.07) is 7.22. The normalized spacial score (nSPS) is 11.3. The van der Waals surface area contributed by atoms with Gasteiger partial charge in [-0.2, -0.15) is 0 Å². The van der Waals surface area contributed by atoms with Gasteiger partial charge >= 0.3 is 0 Å². The van der Waals surface area contributed by atoms with E-state index in [2.05, 4.69) is 12.2 Å². The molecule has 5 heteroatoms. The second-order valence-corrected chi connectivity index (χ2v) is 4.00. The Morgan fingerprint density at radius 3 is 2.50 bits per heavy atom. The predicted molar refractivity (Wildman–Crippen MR) is 75.0 cm³/mol. The number of benzene rings is 1. The molecule has 0 aliphatic heterocycles. The minimum atomic E-state index is -0.470. The highest BCUT2D eigenvalue weighted by Crippen LogP contribution is 2.12.